The first-order valence-electron chi connectivity index (χ1n) is 15.9. The number of amides is 1. The maximum Gasteiger partial charge on any atom is 0.217 e. The van der Waals surface area contributed by atoms with Gasteiger partial charge in [-0.2, -0.15) is 0 Å². The van der Waals surface area contributed by atoms with Crippen LogP contribution < -0.4 is 5.73 Å². The number of aliphatic hydroxyl groups excluding tert-OH is 2. The lowest BCUT2D eigenvalue weighted by Gasteiger charge is -2.64. The van der Waals surface area contributed by atoms with Gasteiger partial charge in [0.15, 0.2) is 0 Å². The van der Waals surface area contributed by atoms with E-state index in [1.165, 1.54) is 0 Å². The van der Waals surface area contributed by atoms with Gasteiger partial charge in [0.05, 0.1) is 49.5 Å². The molecule has 40 heavy (non-hydrogen) atoms. The van der Waals surface area contributed by atoms with E-state index in [1.807, 2.05) is 0 Å². The summed E-state index contributed by atoms with van der Waals surface area (Å²) < 4.78 is 33.7. The summed E-state index contributed by atoms with van der Waals surface area (Å²) in [5.41, 5.74) is 5.35. The number of quaternary nitrogens is 1. The Balaban J connectivity index is 1.41. The van der Waals surface area contributed by atoms with Gasteiger partial charge in [-0.15, -0.1) is 0 Å². The molecule has 4 fully saturated rings. The third kappa shape index (κ3) is 6.43. The largest absolute Gasteiger partial charge is 0.748 e. The van der Waals surface area contributed by atoms with Gasteiger partial charge >= 0.3 is 0 Å². The Hall–Kier alpha value is -0.740. The molecule has 0 radical (unpaired) electrons. The number of nitrogens with two attached hydrogens (primary N) is 1. The Kier molecular flexibility index (Phi) is 9.45. The lowest BCUT2D eigenvalue weighted by Crippen LogP contribution is -2.62. The molecule has 8 nitrogen and oxygen atoms in total. The summed E-state index contributed by atoms with van der Waals surface area (Å²) in [5.74, 6) is 2.02. The highest BCUT2D eigenvalue weighted by Gasteiger charge is 2.65. The SMILES string of the molecule is CC(CCC(N)=O)C1CCC2C3C(O)CC4CC(CC[N+](C)(C)CCCS(=O)(=O)[O-])CCC4(C)C3CC(O)C12C. The van der Waals surface area contributed by atoms with Crippen LogP contribution in [0.1, 0.15) is 91.4 Å². The van der Waals surface area contributed by atoms with E-state index >= 15 is 0 Å². The lowest BCUT2D eigenvalue weighted by atomic mass is 9.42. The molecule has 4 N–H and O–H groups in total. The third-order valence-electron chi connectivity index (χ3n) is 12.8. The molecule has 0 aliphatic heterocycles. The minimum Gasteiger partial charge on any atom is -0.748 e. The second kappa shape index (κ2) is 11.7. The number of aliphatic hydroxyl groups is 2. The second-order valence-electron chi connectivity index (χ2n) is 15.5. The van der Waals surface area contributed by atoms with Crippen LogP contribution in [-0.4, -0.2) is 78.7 Å². The zero-order valence-corrected chi connectivity index (χ0v) is 26.4. The number of carbonyl (C=O) groups excluding carboxylic acids is 1. The smallest absolute Gasteiger partial charge is 0.217 e. The predicted molar refractivity (Wildman–Crippen MR) is 155 cm³/mol. The Bertz CT molecular complexity index is 1020. The summed E-state index contributed by atoms with van der Waals surface area (Å²) in [4.78, 5) is 11.4. The molecule has 0 aromatic carbocycles. The number of carbonyl (C=O) groups is 1. The standard InChI is InChI=1S/C31H56N2O6S/c1-20(7-10-28(32)36)23-8-9-24-29-25(19-27(35)31(23,24)3)30(2)13-11-21(17-22(30)18-26(29)34)12-15-33(4,5)14-6-16-40(37,38)39/h20-27,29,34-35H,6-19H2,1-5H3,(H2-,32,36,37,38,39). The molecule has 9 heteroatoms. The van der Waals surface area contributed by atoms with Crippen LogP contribution in [-0.2, 0) is 14.9 Å². The van der Waals surface area contributed by atoms with Gasteiger partial charge in [-0.3, -0.25) is 4.79 Å². The number of rotatable bonds is 11. The zero-order chi connectivity index (χ0) is 29.7. The zero-order valence-electron chi connectivity index (χ0n) is 25.6. The normalized spacial score (nSPS) is 42.5. The Morgan fingerprint density at radius 2 is 1.77 bits per heavy atom. The highest BCUT2D eigenvalue weighted by Crippen LogP contribution is 2.68. The maximum atomic E-state index is 11.8. The number of primary amides is 1. The molecule has 0 heterocycles. The highest BCUT2D eigenvalue weighted by atomic mass is 32.2. The van der Waals surface area contributed by atoms with Crippen molar-refractivity contribution in [3.63, 3.8) is 0 Å². The van der Waals surface area contributed by atoms with E-state index in [4.69, 9.17) is 5.73 Å². The molecule has 4 aliphatic rings. The van der Waals surface area contributed by atoms with E-state index < -0.39 is 10.1 Å². The summed E-state index contributed by atoms with van der Waals surface area (Å²) in [7, 11) is 0.0666. The van der Waals surface area contributed by atoms with Gasteiger partial charge in [0.25, 0.3) is 0 Å². The molecule has 0 bridgehead atoms. The van der Waals surface area contributed by atoms with Crippen molar-refractivity contribution < 1.29 is 32.5 Å². The molecule has 0 saturated heterocycles. The number of hydrogen-bond acceptors (Lipinski definition) is 6. The van der Waals surface area contributed by atoms with Crippen LogP contribution in [0.2, 0.25) is 0 Å². The van der Waals surface area contributed by atoms with Crippen molar-refractivity contribution >= 4 is 16.0 Å². The molecule has 4 aliphatic carbocycles. The van der Waals surface area contributed by atoms with E-state index in [0.29, 0.717) is 59.4 Å². The number of nitrogens with zero attached hydrogens (tertiary/aromatic N) is 1. The van der Waals surface area contributed by atoms with E-state index in [-0.39, 0.29) is 40.6 Å². The van der Waals surface area contributed by atoms with Crippen LogP contribution in [0.5, 0.6) is 0 Å². The van der Waals surface area contributed by atoms with Crippen molar-refractivity contribution in [3.05, 3.63) is 0 Å². The van der Waals surface area contributed by atoms with Crippen LogP contribution in [0.25, 0.3) is 0 Å². The highest BCUT2D eigenvalue weighted by molar-refractivity contribution is 7.85. The summed E-state index contributed by atoms with van der Waals surface area (Å²) in [5, 5.41) is 23.5. The summed E-state index contributed by atoms with van der Waals surface area (Å²) in [6, 6.07) is 0. The van der Waals surface area contributed by atoms with E-state index in [0.717, 1.165) is 64.3 Å². The quantitative estimate of drug-likeness (QED) is 0.251. The van der Waals surface area contributed by atoms with Gasteiger partial charge in [-0.1, -0.05) is 20.8 Å². The third-order valence-corrected chi connectivity index (χ3v) is 13.6. The number of hydrogen-bond donors (Lipinski definition) is 3. The lowest BCUT2D eigenvalue weighted by molar-refractivity contribution is -0.890. The van der Waals surface area contributed by atoms with Gasteiger partial charge in [0, 0.05) is 18.6 Å². The summed E-state index contributed by atoms with van der Waals surface area (Å²) in [6.07, 6.45) is 8.99. The van der Waals surface area contributed by atoms with Crippen molar-refractivity contribution in [2.24, 2.45) is 58.0 Å². The van der Waals surface area contributed by atoms with Crippen LogP contribution in [0, 0.1) is 52.3 Å². The average molecular weight is 585 g/mol. The first kappa shape index (κ1) is 32.2. The molecule has 11 unspecified atom stereocenters. The van der Waals surface area contributed by atoms with Crippen LogP contribution >= 0.6 is 0 Å². The van der Waals surface area contributed by atoms with Gasteiger partial charge in [0.1, 0.15) is 0 Å². The molecule has 4 saturated carbocycles. The minimum atomic E-state index is -4.16. The monoisotopic (exact) mass is 584 g/mol. The topological polar surface area (TPSA) is 141 Å². The van der Waals surface area contributed by atoms with E-state index in [2.05, 4.69) is 34.9 Å². The molecule has 4 rings (SSSR count). The first-order chi connectivity index (χ1) is 18.5. The summed E-state index contributed by atoms with van der Waals surface area (Å²) >= 11 is 0. The average Bonchev–Trinajstić information content (AvgIpc) is 3.20. The summed E-state index contributed by atoms with van der Waals surface area (Å²) in [6.45, 7) is 8.55. The van der Waals surface area contributed by atoms with Gasteiger partial charge in [-0.05, 0) is 110 Å². The fraction of sp³-hybridized carbons (Fsp3) is 0.968. The molecule has 11 atom stereocenters. The van der Waals surface area contributed by atoms with Gasteiger partial charge < -0.3 is 25.0 Å². The van der Waals surface area contributed by atoms with Gasteiger partial charge in [-0.25, -0.2) is 8.42 Å². The molecular weight excluding hydrogens is 528 g/mol. The fourth-order valence-electron chi connectivity index (χ4n) is 10.4. The van der Waals surface area contributed by atoms with Crippen molar-refractivity contribution in [2.75, 3.05) is 32.9 Å². The van der Waals surface area contributed by atoms with E-state index in [1.54, 1.807) is 0 Å². The molecule has 0 spiro atoms. The van der Waals surface area contributed by atoms with Gasteiger partial charge in [0.2, 0.25) is 5.91 Å². The Labute approximate surface area is 242 Å². The molecule has 0 aromatic heterocycles. The molecule has 1 amide bonds. The van der Waals surface area contributed by atoms with Crippen LogP contribution in [0.15, 0.2) is 0 Å². The van der Waals surface area contributed by atoms with Crippen LogP contribution in [0.4, 0.5) is 0 Å². The number of fused-ring (bicyclic) bond motifs is 5. The maximum absolute atomic E-state index is 11.8. The Morgan fingerprint density at radius 3 is 2.42 bits per heavy atom. The molecular formula is C31H56N2O6S. The minimum absolute atomic E-state index is 0.130. The molecule has 232 valence electrons. The van der Waals surface area contributed by atoms with Crippen molar-refractivity contribution in [3.8, 4) is 0 Å². The first-order valence-corrected chi connectivity index (χ1v) is 17.5. The predicted octanol–water partition coefficient (Wildman–Crippen LogP) is 3.51. The second-order valence-corrected chi connectivity index (χ2v) is 17.0. The van der Waals surface area contributed by atoms with Crippen LogP contribution in [0.3, 0.4) is 0 Å². The Morgan fingerprint density at radius 1 is 1.07 bits per heavy atom. The van der Waals surface area contributed by atoms with Crippen molar-refractivity contribution in [1.82, 2.24) is 0 Å². The van der Waals surface area contributed by atoms with E-state index in [9.17, 15) is 28.0 Å². The molecule has 0 aromatic rings. The van der Waals surface area contributed by atoms with Crippen molar-refractivity contribution in [2.45, 2.75) is 104 Å². The fourth-order valence-corrected chi connectivity index (χ4v) is 10.9. The van der Waals surface area contributed by atoms with Crippen molar-refractivity contribution in [1.29, 1.82) is 0 Å².